The second-order valence-electron chi connectivity index (χ2n) is 4.40. The monoisotopic (exact) mass is 273 g/mol. The largest absolute Gasteiger partial charge is 0.508 e. The lowest BCUT2D eigenvalue weighted by Gasteiger charge is -2.06. The number of phenols is 1. The molecule has 2 N–H and O–H groups in total. The van der Waals surface area contributed by atoms with Gasteiger partial charge < -0.3 is 10.4 Å². The molecule has 0 aliphatic rings. The van der Waals surface area contributed by atoms with E-state index in [0.29, 0.717) is 18.1 Å². The first kappa shape index (κ1) is 13.8. The predicted octanol–water partition coefficient (Wildman–Crippen LogP) is 2.66. The van der Waals surface area contributed by atoms with Crippen LogP contribution in [0, 0.1) is 17.0 Å². The van der Waals surface area contributed by atoms with E-state index in [0.717, 1.165) is 12.0 Å². The molecular weight excluding hydrogens is 258 g/mol. The van der Waals surface area contributed by atoms with Crippen LogP contribution in [0.15, 0.2) is 36.4 Å². The molecule has 0 saturated heterocycles. The molecule has 0 saturated carbocycles. The van der Waals surface area contributed by atoms with Gasteiger partial charge in [-0.2, -0.15) is 0 Å². The Kier molecular flexibility index (Phi) is 4.14. The molecule has 1 aromatic heterocycles. The van der Waals surface area contributed by atoms with Gasteiger partial charge in [-0.05, 0) is 37.1 Å². The first-order valence-electron chi connectivity index (χ1n) is 6.20. The molecule has 0 radical (unpaired) electrons. The summed E-state index contributed by atoms with van der Waals surface area (Å²) in [5.41, 5.74) is 1.51. The number of hydrogen-bond donors (Lipinski definition) is 2. The average Bonchev–Trinajstić information content (AvgIpc) is 2.41. The highest BCUT2D eigenvalue weighted by molar-refractivity contribution is 5.44. The summed E-state index contributed by atoms with van der Waals surface area (Å²) in [6.07, 6.45) is 0.776. The van der Waals surface area contributed by atoms with E-state index >= 15 is 0 Å². The molecule has 20 heavy (non-hydrogen) atoms. The third-order valence-electron chi connectivity index (χ3n) is 2.91. The van der Waals surface area contributed by atoms with E-state index in [2.05, 4.69) is 10.3 Å². The molecule has 2 aromatic rings. The maximum absolute atomic E-state index is 10.7. The van der Waals surface area contributed by atoms with Gasteiger partial charge in [0, 0.05) is 12.6 Å². The Morgan fingerprint density at radius 1 is 1.25 bits per heavy atom. The number of aromatic hydroxyl groups is 1. The Labute approximate surface area is 116 Å². The fourth-order valence-corrected chi connectivity index (χ4v) is 1.84. The molecule has 0 atom stereocenters. The molecular formula is C14H15N3O3. The van der Waals surface area contributed by atoms with E-state index in [1.165, 1.54) is 6.07 Å². The topological polar surface area (TPSA) is 88.3 Å². The number of nitrogens with one attached hydrogen (secondary N) is 1. The van der Waals surface area contributed by atoms with E-state index in [1.807, 2.05) is 12.1 Å². The van der Waals surface area contributed by atoms with Gasteiger partial charge in [0.15, 0.2) is 0 Å². The van der Waals surface area contributed by atoms with Crippen LogP contribution in [0.25, 0.3) is 0 Å². The van der Waals surface area contributed by atoms with Crippen LogP contribution in [0.1, 0.15) is 11.3 Å². The molecule has 0 aliphatic heterocycles. The van der Waals surface area contributed by atoms with E-state index < -0.39 is 4.92 Å². The molecule has 0 spiro atoms. The highest BCUT2D eigenvalue weighted by Gasteiger charge is 2.11. The van der Waals surface area contributed by atoms with Crippen LogP contribution in [0.5, 0.6) is 5.75 Å². The van der Waals surface area contributed by atoms with Crippen LogP contribution < -0.4 is 5.32 Å². The van der Waals surface area contributed by atoms with Crippen LogP contribution >= 0.6 is 0 Å². The first-order valence-corrected chi connectivity index (χ1v) is 6.20. The normalized spacial score (nSPS) is 10.2. The maximum Gasteiger partial charge on any atom is 0.290 e. The number of pyridine rings is 1. The molecule has 2 rings (SSSR count). The zero-order valence-corrected chi connectivity index (χ0v) is 11.0. The van der Waals surface area contributed by atoms with E-state index in [9.17, 15) is 15.2 Å². The van der Waals surface area contributed by atoms with Crippen molar-refractivity contribution < 1.29 is 10.0 Å². The summed E-state index contributed by atoms with van der Waals surface area (Å²) in [5.74, 6) is 0.862. The van der Waals surface area contributed by atoms with Gasteiger partial charge in [0.2, 0.25) is 0 Å². The number of benzene rings is 1. The minimum Gasteiger partial charge on any atom is -0.508 e. The summed E-state index contributed by atoms with van der Waals surface area (Å²) >= 11 is 0. The van der Waals surface area contributed by atoms with Crippen LogP contribution in [0.4, 0.5) is 11.5 Å². The van der Waals surface area contributed by atoms with Gasteiger partial charge in [-0.25, -0.2) is 4.98 Å². The molecule has 6 nitrogen and oxygen atoms in total. The summed E-state index contributed by atoms with van der Waals surface area (Å²) < 4.78 is 0. The van der Waals surface area contributed by atoms with Crippen molar-refractivity contribution in [2.45, 2.75) is 13.3 Å². The van der Waals surface area contributed by atoms with Crippen LogP contribution in [0.3, 0.4) is 0 Å². The fourth-order valence-electron chi connectivity index (χ4n) is 1.84. The van der Waals surface area contributed by atoms with Crippen molar-refractivity contribution >= 4 is 11.5 Å². The van der Waals surface area contributed by atoms with Crippen molar-refractivity contribution in [1.82, 2.24) is 4.98 Å². The van der Waals surface area contributed by atoms with Gasteiger partial charge in [-0.3, -0.25) is 10.1 Å². The Balaban J connectivity index is 1.92. The summed E-state index contributed by atoms with van der Waals surface area (Å²) in [6.45, 7) is 2.28. The van der Waals surface area contributed by atoms with Crippen molar-refractivity contribution in [2.24, 2.45) is 0 Å². The molecule has 0 unspecified atom stereocenters. The summed E-state index contributed by atoms with van der Waals surface area (Å²) in [5, 5.41) is 23.0. The average molecular weight is 273 g/mol. The number of phenolic OH excluding ortho intramolecular Hbond substituents is 1. The molecule has 1 aromatic carbocycles. The minimum atomic E-state index is -0.442. The quantitative estimate of drug-likeness (QED) is 0.645. The van der Waals surface area contributed by atoms with Crippen molar-refractivity contribution in [3.05, 3.63) is 57.8 Å². The predicted molar refractivity (Wildman–Crippen MR) is 75.9 cm³/mol. The van der Waals surface area contributed by atoms with Crippen molar-refractivity contribution in [3.8, 4) is 5.75 Å². The lowest BCUT2D eigenvalue weighted by molar-refractivity contribution is -0.385. The first-order chi connectivity index (χ1) is 9.56. The van der Waals surface area contributed by atoms with Gasteiger partial charge >= 0.3 is 0 Å². The van der Waals surface area contributed by atoms with Crippen LogP contribution in [-0.4, -0.2) is 21.6 Å². The number of aromatic nitrogens is 1. The highest BCUT2D eigenvalue weighted by atomic mass is 16.6. The third kappa shape index (κ3) is 3.44. The summed E-state index contributed by atoms with van der Waals surface area (Å²) in [4.78, 5) is 14.4. The molecule has 0 amide bonds. The zero-order chi connectivity index (χ0) is 14.5. The van der Waals surface area contributed by atoms with Crippen molar-refractivity contribution in [3.63, 3.8) is 0 Å². The Morgan fingerprint density at radius 3 is 2.55 bits per heavy atom. The van der Waals surface area contributed by atoms with Gasteiger partial charge in [0.25, 0.3) is 5.69 Å². The molecule has 6 heteroatoms. The lowest BCUT2D eigenvalue weighted by Crippen LogP contribution is -2.07. The molecule has 0 bridgehead atoms. The van der Waals surface area contributed by atoms with E-state index in [4.69, 9.17) is 0 Å². The highest BCUT2D eigenvalue weighted by Crippen LogP contribution is 2.17. The van der Waals surface area contributed by atoms with Crippen LogP contribution in [0.2, 0.25) is 0 Å². The van der Waals surface area contributed by atoms with Crippen molar-refractivity contribution in [1.29, 1.82) is 0 Å². The number of rotatable bonds is 5. The molecule has 0 fully saturated rings. The SMILES string of the molecule is Cc1nc(NCCc2ccc(O)cc2)ccc1[N+](=O)[O-]. The molecule has 1 heterocycles. The Bertz CT molecular complexity index is 612. The van der Waals surface area contributed by atoms with Gasteiger partial charge in [0.05, 0.1) is 4.92 Å². The minimum absolute atomic E-state index is 0.0223. The third-order valence-corrected chi connectivity index (χ3v) is 2.91. The van der Waals surface area contributed by atoms with Gasteiger partial charge in [-0.1, -0.05) is 12.1 Å². The molecule has 0 aliphatic carbocycles. The van der Waals surface area contributed by atoms with Gasteiger partial charge in [-0.15, -0.1) is 0 Å². The Morgan fingerprint density at radius 2 is 1.95 bits per heavy atom. The fraction of sp³-hybridized carbons (Fsp3) is 0.214. The van der Waals surface area contributed by atoms with Crippen molar-refractivity contribution in [2.75, 3.05) is 11.9 Å². The number of aryl methyl sites for hydroxylation is 1. The zero-order valence-electron chi connectivity index (χ0n) is 11.0. The number of nitro groups is 1. The van der Waals surface area contributed by atoms with E-state index in [1.54, 1.807) is 25.1 Å². The lowest BCUT2D eigenvalue weighted by atomic mass is 10.1. The standard InChI is InChI=1S/C14H15N3O3/c1-10-13(17(19)20)6-7-14(16-10)15-9-8-11-2-4-12(18)5-3-11/h2-7,18H,8-9H2,1H3,(H,15,16). The number of nitrogens with zero attached hydrogens (tertiary/aromatic N) is 2. The second-order valence-corrected chi connectivity index (χ2v) is 4.40. The summed E-state index contributed by atoms with van der Waals surface area (Å²) in [6, 6.07) is 10.0. The maximum atomic E-state index is 10.7. The van der Waals surface area contributed by atoms with Gasteiger partial charge in [0.1, 0.15) is 17.3 Å². The van der Waals surface area contributed by atoms with E-state index in [-0.39, 0.29) is 11.4 Å². The second kappa shape index (κ2) is 6.01. The molecule has 104 valence electrons. The Hall–Kier alpha value is -2.63. The van der Waals surface area contributed by atoms with Crippen LogP contribution in [-0.2, 0) is 6.42 Å². The smallest absolute Gasteiger partial charge is 0.290 e. The number of anilines is 1. The number of hydrogen-bond acceptors (Lipinski definition) is 5. The summed E-state index contributed by atoms with van der Waals surface area (Å²) in [7, 11) is 0.